The maximum atomic E-state index is 12.0. The minimum Gasteiger partial charge on any atom is -0.334 e. The average molecular weight is 207 g/mol. The SMILES string of the molecule is [B]OS(=O)(=O)N(F)CC(F)(F)F. The summed E-state index contributed by atoms with van der Waals surface area (Å²) in [6.45, 7) is -2.30. The van der Waals surface area contributed by atoms with Gasteiger partial charge in [0.2, 0.25) is 0 Å². The Morgan fingerprint density at radius 2 is 1.83 bits per heavy atom. The molecule has 0 saturated heterocycles. The molecule has 4 nitrogen and oxygen atoms in total. The normalized spacial score (nSPS) is 13.8. The van der Waals surface area contributed by atoms with Crippen LogP contribution in [0, 0.1) is 0 Å². The topological polar surface area (TPSA) is 46.6 Å². The largest absolute Gasteiger partial charge is 0.405 e. The van der Waals surface area contributed by atoms with Crippen molar-refractivity contribution < 1.29 is 30.2 Å². The summed E-state index contributed by atoms with van der Waals surface area (Å²) < 4.78 is 67.6. The van der Waals surface area contributed by atoms with Crippen molar-refractivity contribution >= 4 is 18.4 Å². The van der Waals surface area contributed by atoms with E-state index in [-0.39, 0.29) is 0 Å². The Balaban J connectivity index is 4.34. The fourth-order valence-corrected chi connectivity index (χ4v) is 0.665. The lowest BCUT2D eigenvalue weighted by Gasteiger charge is -2.12. The van der Waals surface area contributed by atoms with E-state index < -0.39 is 27.6 Å². The van der Waals surface area contributed by atoms with Crippen LogP contribution in [0.5, 0.6) is 0 Å². The Bertz CT molecular complexity index is 237. The zero-order valence-electron chi connectivity index (χ0n) is 5.38. The van der Waals surface area contributed by atoms with E-state index in [1.807, 2.05) is 0 Å². The minimum absolute atomic E-state index is 1.55. The highest BCUT2D eigenvalue weighted by atomic mass is 32.2. The summed E-state index contributed by atoms with van der Waals surface area (Å²) in [6, 6.07) is 0. The van der Waals surface area contributed by atoms with Gasteiger partial charge in [-0.1, -0.05) is 0 Å². The van der Waals surface area contributed by atoms with Crippen molar-refractivity contribution in [2.24, 2.45) is 0 Å². The van der Waals surface area contributed by atoms with Crippen molar-refractivity contribution in [2.75, 3.05) is 6.54 Å². The van der Waals surface area contributed by atoms with Gasteiger partial charge in [-0.15, -0.1) is 4.48 Å². The second-order valence-electron chi connectivity index (χ2n) is 1.61. The van der Waals surface area contributed by atoms with Crippen LogP contribution in [0.25, 0.3) is 0 Å². The van der Waals surface area contributed by atoms with Gasteiger partial charge in [0.25, 0.3) is 0 Å². The van der Waals surface area contributed by atoms with Gasteiger partial charge in [-0.25, -0.2) is 0 Å². The Morgan fingerprint density at radius 1 is 1.42 bits per heavy atom. The van der Waals surface area contributed by atoms with Crippen LogP contribution in [0.4, 0.5) is 17.7 Å². The lowest BCUT2D eigenvalue weighted by Crippen LogP contribution is -2.33. The zero-order chi connectivity index (χ0) is 9.99. The minimum atomic E-state index is -5.11. The first-order chi connectivity index (χ1) is 5.19. The molecule has 2 radical (unpaired) electrons. The van der Waals surface area contributed by atoms with Crippen LogP contribution in [0.15, 0.2) is 0 Å². The van der Waals surface area contributed by atoms with Gasteiger partial charge in [-0.2, -0.15) is 21.6 Å². The maximum Gasteiger partial charge on any atom is 0.405 e. The summed E-state index contributed by atoms with van der Waals surface area (Å²) in [4.78, 5) is 0. The molecular weight excluding hydrogens is 205 g/mol. The highest BCUT2D eigenvalue weighted by molar-refractivity contribution is 7.84. The third-order valence-electron chi connectivity index (χ3n) is 0.668. The van der Waals surface area contributed by atoms with Crippen LogP contribution in [-0.4, -0.2) is 33.7 Å². The Morgan fingerprint density at radius 3 is 2.08 bits per heavy atom. The Labute approximate surface area is 66.7 Å². The number of hydrogen-bond acceptors (Lipinski definition) is 3. The van der Waals surface area contributed by atoms with Crippen molar-refractivity contribution in [3.05, 3.63) is 0 Å². The smallest absolute Gasteiger partial charge is 0.334 e. The van der Waals surface area contributed by atoms with E-state index >= 15 is 0 Å². The van der Waals surface area contributed by atoms with E-state index in [9.17, 15) is 26.1 Å². The van der Waals surface area contributed by atoms with E-state index in [0.29, 0.717) is 0 Å². The van der Waals surface area contributed by atoms with Crippen molar-refractivity contribution in [2.45, 2.75) is 6.18 Å². The molecule has 0 bridgehead atoms. The van der Waals surface area contributed by atoms with Gasteiger partial charge in [0.15, 0.2) is 0 Å². The predicted octanol–water partition coefficient (Wildman–Crippen LogP) is 0.0801. The first-order valence-corrected chi connectivity index (χ1v) is 3.69. The molecule has 0 aliphatic rings. The number of nitrogens with zero attached hydrogens (tertiary/aromatic N) is 1. The zero-order valence-corrected chi connectivity index (χ0v) is 6.19. The van der Waals surface area contributed by atoms with E-state index in [1.165, 1.54) is 0 Å². The van der Waals surface area contributed by atoms with Gasteiger partial charge in [-0.3, -0.25) is 0 Å². The van der Waals surface area contributed by atoms with Gasteiger partial charge < -0.3 is 4.10 Å². The van der Waals surface area contributed by atoms with E-state index in [2.05, 4.69) is 12.1 Å². The first kappa shape index (κ1) is 11.7. The molecular formula is C2H2BF4NO3S. The van der Waals surface area contributed by atoms with Crippen molar-refractivity contribution in [1.29, 1.82) is 0 Å². The van der Waals surface area contributed by atoms with Gasteiger partial charge >= 0.3 is 24.5 Å². The van der Waals surface area contributed by atoms with E-state index in [0.717, 1.165) is 0 Å². The Hall–Kier alpha value is -0.345. The summed E-state index contributed by atoms with van der Waals surface area (Å²) >= 11 is 0. The number of halogens is 4. The van der Waals surface area contributed by atoms with Crippen LogP contribution in [0.2, 0.25) is 0 Å². The number of hydrogen-bond donors (Lipinski definition) is 0. The van der Waals surface area contributed by atoms with Crippen molar-refractivity contribution in [3.8, 4) is 0 Å². The van der Waals surface area contributed by atoms with Gasteiger partial charge in [0.05, 0.1) is 0 Å². The quantitative estimate of drug-likeness (QED) is 0.374. The van der Waals surface area contributed by atoms with Gasteiger partial charge in [-0.05, 0) is 4.53 Å². The third-order valence-corrected chi connectivity index (χ3v) is 1.53. The van der Waals surface area contributed by atoms with Gasteiger partial charge in [0, 0.05) is 0 Å². The molecule has 0 rings (SSSR count). The summed E-state index contributed by atoms with van der Waals surface area (Å²) in [5, 5.41) is 0. The molecule has 10 heteroatoms. The molecule has 12 heavy (non-hydrogen) atoms. The molecule has 0 saturated carbocycles. The number of rotatable bonds is 3. The fourth-order valence-electron chi connectivity index (χ4n) is 0.267. The summed E-state index contributed by atoms with van der Waals surface area (Å²) in [6.07, 6.45) is -4.99. The number of alkyl halides is 3. The molecule has 0 spiro atoms. The lowest BCUT2D eigenvalue weighted by atomic mass is 10.6. The predicted molar refractivity (Wildman–Crippen MR) is 29.6 cm³/mol. The van der Waals surface area contributed by atoms with Crippen molar-refractivity contribution in [3.63, 3.8) is 0 Å². The molecule has 0 aromatic carbocycles. The van der Waals surface area contributed by atoms with E-state index in [4.69, 9.17) is 0 Å². The molecule has 0 fully saturated rings. The second kappa shape index (κ2) is 3.58. The molecule has 0 N–H and O–H groups in total. The van der Waals surface area contributed by atoms with Crippen LogP contribution < -0.4 is 0 Å². The third kappa shape index (κ3) is 3.88. The van der Waals surface area contributed by atoms with Gasteiger partial charge in [0.1, 0.15) is 6.54 Å². The maximum absolute atomic E-state index is 12.0. The molecule has 0 aliphatic carbocycles. The summed E-state index contributed by atoms with van der Waals surface area (Å²) in [5.41, 5.74) is 0. The van der Waals surface area contributed by atoms with Crippen LogP contribution in [-0.2, 0) is 14.4 Å². The second-order valence-corrected chi connectivity index (χ2v) is 3.06. The monoisotopic (exact) mass is 207 g/mol. The van der Waals surface area contributed by atoms with Crippen LogP contribution >= 0.6 is 0 Å². The van der Waals surface area contributed by atoms with E-state index in [1.54, 1.807) is 0 Å². The Kier molecular flexibility index (Phi) is 3.48. The molecule has 0 atom stereocenters. The lowest BCUT2D eigenvalue weighted by molar-refractivity contribution is -0.156. The molecule has 0 unspecified atom stereocenters. The molecule has 70 valence electrons. The molecule has 0 amide bonds. The van der Waals surface area contributed by atoms with Crippen LogP contribution in [0.1, 0.15) is 0 Å². The standard InChI is InChI=1S/C2H2BF4NO3S/c3-11-12(9,10)8(7)1-2(4,5)6/h1H2. The average Bonchev–Trinajstić information content (AvgIpc) is 1.84. The highest BCUT2D eigenvalue weighted by Crippen LogP contribution is 2.18. The summed E-state index contributed by atoms with van der Waals surface area (Å²) in [7, 11) is -1.12. The molecule has 0 heterocycles. The molecule has 0 aromatic rings. The summed E-state index contributed by atoms with van der Waals surface area (Å²) in [5.74, 6) is 0. The first-order valence-electron chi connectivity index (χ1n) is 2.32. The fraction of sp³-hybridized carbons (Fsp3) is 1.00. The van der Waals surface area contributed by atoms with Crippen molar-refractivity contribution in [1.82, 2.24) is 4.53 Å². The molecule has 0 aromatic heterocycles. The van der Waals surface area contributed by atoms with Crippen LogP contribution in [0.3, 0.4) is 0 Å². The highest BCUT2D eigenvalue weighted by Gasteiger charge is 2.36. The molecule has 0 aliphatic heterocycles.